The average Bonchev–Trinajstić information content (AvgIpc) is 2.77. The van der Waals surface area contributed by atoms with E-state index in [4.69, 9.17) is 0 Å². The standard InChI is InChI=1S/C12H14N2O3/c1-17-12(16)10(15)6-7-11-13-8-4-2-3-5-9(8)14-11/h2-5,10,15H,6-7H2,1H3,(H,13,14). The maximum absolute atomic E-state index is 11.0. The van der Waals surface area contributed by atoms with Crippen molar-refractivity contribution in [2.24, 2.45) is 0 Å². The molecule has 5 nitrogen and oxygen atoms in total. The van der Waals surface area contributed by atoms with E-state index in [1.807, 2.05) is 24.3 Å². The Balaban J connectivity index is 2.01. The molecule has 2 N–H and O–H groups in total. The van der Waals surface area contributed by atoms with Crippen molar-refractivity contribution in [3.8, 4) is 0 Å². The van der Waals surface area contributed by atoms with E-state index in [0.717, 1.165) is 16.9 Å². The molecule has 1 aromatic heterocycles. The zero-order chi connectivity index (χ0) is 12.3. The summed E-state index contributed by atoms with van der Waals surface area (Å²) < 4.78 is 4.44. The van der Waals surface area contributed by atoms with Crippen LogP contribution in [0.25, 0.3) is 11.0 Å². The lowest BCUT2D eigenvalue weighted by Gasteiger charge is -2.05. The third-order valence-electron chi connectivity index (χ3n) is 2.57. The molecule has 1 heterocycles. The fourth-order valence-electron chi connectivity index (χ4n) is 1.65. The number of para-hydroxylation sites is 2. The SMILES string of the molecule is COC(=O)C(O)CCc1nc2ccccc2[nH]1. The molecule has 2 aromatic rings. The van der Waals surface area contributed by atoms with Gasteiger partial charge in [-0.15, -0.1) is 0 Å². The number of aliphatic hydroxyl groups is 1. The second-order valence-electron chi connectivity index (χ2n) is 3.78. The van der Waals surface area contributed by atoms with E-state index >= 15 is 0 Å². The second kappa shape index (κ2) is 4.97. The van der Waals surface area contributed by atoms with Crippen molar-refractivity contribution in [1.82, 2.24) is 9.97 Å². The van der Waals surface area contributed by atoms with Gasteiger partial charge in [0.2, 0.25) is 0 Å². The van der Waals surface area contributed by atoms with Crippen LogP contribution < -0.4 is 0 Å². The van der Waals surface area contributed by atoms with Crippen LogP contribution in [0.4, 0.5) is 0 Å². The van der Waals surface area contributed by atoms with E-state index in [0.29, 0.717) is 12.8 Å². The maximum atomic E-state index is 11.0. The summed E-state index contributed by atoms with van der Waals surface area (Å²) in [4.78, 5) is 18.5. The highest BCUT2D eigenvalue weighted by molar-refractivity contribution is 5.75. The first-order valence-electron chi connectivity index (χ1n) is 5.40. The van der Waals surface area contributed by atoms with Crippen LogP contribution in [0.15, 0.2) is 24.3 Å². The van der Waals surface area contributed by atoms with E-state index in [1.165, 1.54) is 7.11 Å². The lowest BCUT2D eigenvalue weighted by Crippen LogP contribution is -2.22. The monoisotopic (exact) mass is 234 g/mol. The Labute approximate surface area is 98.4 Å². The van der Waals surface area contributed by atoms with Gasteiger partial charge in [0.25, 0.3) is 0 Å². The summed E-state index contributed by atoms with van der Waals surface area (Å²) in [7, 11) is 1.26. The molecule has 5 heteroatoms. The number of aromatic nitrogens is 2. The molecular weight excluding hydrogens is 220 g/mol. The first-order valence-corrected chi connectivity index (χ1v) is 5.40. The molecule has 0 bridgehead atoms. The molecule has 17 heavy (non-hydrogen) atoms. The number of aromatic amines is 1. The molecule has 0 saturated carbocycles. The van der Waals surface area contributed by atoms with Crippen molar-refractivity contribution in [2.75, 3.05) is 7.11 Å². The minimum absolute atomic E-state index is 0.298. The Bertz CT molecular complexity index is 488. The van der Waals surface area contributed by atoms with Gasteiger partial charge in [-0.1, -0.05) is 12.1 Å². The number of aryl methyl sites for hydroxylation is 1. The highest BCUT2D eigenvalue weighted by Gasteiger charge is 2.15. The normalized spacial score (nSPS) is 12.6. The zero-order valence-corrected chi connectivity index (χ0v) is 9.51. The fourth-order valence-corrected chi connectivity index (χ4v) is 1.65. The van der Waals surface area contributed by atoms with E-state index < -0.39 is 12.1 Å². The number of imidazole rings is 1. The van der Waals surface area contributed by atoms with E-state index in [2.05, 4.69) is 14.7 Å². The molecule has 0 saturated heterocycles. The third kappa shape index (κ3) is 2.62. The fraction of sp³-hybridized carbons (Fsp3) is 0.333. The summed E-state index contributed by atoms with van der Waals surface area (Å²) in [5.74, 6) is 0.148. The number of rotatable bonds is 4. The van der Waals surface area contributed by atoms with Gasteiger partial charge < -0.3 is 14.8 Å². The molecule has 1 aromatic carbocycles. The number of carbonyl (C=O) groups excluding carboxylic acids is 1. The van der Waals surface area contributed by atoms with Crippen LogP contribution in [0.2, 0.25) is 0 Å². The van der Waals surface area contributed by atoms with Gasteiger partial charge in [0.1, 0.15) is 5.82 Å². The Morgan fingerprint density at radius 3 is 3.00 bits per heavy atom. The van der Waals surface area contributed by atoms with E-state index in [1.54, 1.807) is 0 Å². The van der Waals surface area contributed by atoms with Crippen molar-refractivity contribution in [3.05, 3.63) is 30.1 Å². The van der Waals surface area contributed by atoms with Gasteiger partial charge in [-0.05, 0) is 18.6 Å². The maximum Gasteiger partial charge on any atom is 0.334 e. The van der Waals surface area contributed by atoms with Gasteiger partial charge in [-0.3, -0.25) is 0 Å². The molecule has 0 amide bonds. The molecule has 1 atom stereocenters. The lowest BCUT2D eigenvalue weighted by molar-refractivity contribution is -0.150. The first kappa shape index (κ1) is 11.6. The molecule has 90 valence electrons. The lowest BCUT2D eigenvalue weighted by atomic mass is 10.2. The number of fused-ring (bicyclic) bond motifs is 1. The van der Waals surface area contributed by atoms with Crippen LogP contribution in [0.3, 0.4) is 0 Å². The molecule has 0 aliphatic rings. The largest absolute Gasteiger partial charge is 0.467 e. The van der Waals surface area contributed by atoms with Gasteiger partial charge in [0.15, 0.2) is 6.10 Å². The zero-order valence-electron chi connectivity index (χ0n) is 9.51. The highest BCUT2D eigenvalue weighted by Crippen LogP contribution is 2.12. The number of esters is 1. The number of hydrogen-bond acceptors (Lipinski definition) is 4. The molecule has 0 fully saturated rings. The number of nitrogens with zero attached hydrogens (tertiary/aromatic N) is 1. The van der Waals surface area contributed by atoms with Crippen LogP contribution >= 0.6 is 0 Å². The predicted octanol–water partition coefficient (Wildman–Crippen LogP) is 1.03. The van der Waals surface area contributed by atoms with Crippen molar-refractivity contribution in [3.63, 3.8) is 0 Å². The number of ether oxygens (including phenoxy) is 1. The highest BCUT2D eigenvalue weighted by atomic mass is 16.5. The Kier molecular flexibility index (Phi) is 3.39. The number of H-pyrrole nitrogens is 1. The van der Waals surface area contributed by atoms with Crippen molar-refractivity contribution in [1.29, 1.82) is 0 Å². The molecule has 0 aliphatic heterocycles. The predicted molar refractivity (Wildman–Crippen MR) is 62.4 cm³/mol. The van der Waals surface area contributed by atoms with Crippen LogP contribution in [0, 0.1) is 0 Å². The van der Waals surface area contributed by atoms with E-state index in [-0.39, 0.29) is 0 Å². The molecule has 1 unspecified atom stereocenters. The second-order valence-corrected chi connectivity index (χ2v) is 3.78. The number of hydrogen-bond donors (Lipinski definition) is 2. The molecule has 0 radical (unpaired) electrons. The number of benzene rings is 1. The third-order valence-corrected chi connectivity index (χ3v) is 2.57. The Morgan fingerprint density at radius 1 is 1.53 bits per heavy atom. The van der Waals surface area contributed by atoms with Gasteiger partial charge in [0.05, 0.1) is 18.1 Å². The van der Waals surface area contributed by atoms with Crippen molar-refractivity contribution in [2.45, 2.75) is 18.9 Å². The van der Waals surface area contributed by atoms with Crippen LogP contribution in [0.5, 0.6) is 0 Å². The number of methoxy groups -OCH3 is 1. The summed E-state index contributed by atoms with van der Waals surface area (Å²) in [5.41, 5.74) is 1.84. The molecular formula is C12H14N2O3. The van der Waals surface area contributed by atoms with Crippen molar-refractivity contribution >= 4 is 17.0 Å². The molecule has 2 rings (SSSR count). The van der Waals surface area contributed by atoms with Crippen LogP contribution in [-0.4, -0.2) is 34.3 Å². The van der Waals surface area contributed by atoms with Crippen LogP contribution in [-0.2, 0) is 16.0 Å². The van der Waals surface area contributed by atoms with Crippen molar-refractivity contribution < 1.29 is 14.6 Å². The van der Waals surface area contributed by atoms with Gasteiger partial charge in [-0.25, -0.2) is 9.78 Å². The average molecular weight is 234 g/mol. The Hall–Kier alpha value is -1.88. The Morgan fingerprint density at radius 2 is 2.29 bits per heavy atom. The summed E-state index contributed by atoms with van der Waals surface area (Å²) in [6.07, 6.45) is -0.287. The summed E-state index contributed by atoms with van der Waals surface area (Å²) in [6, 6.07) is 7.68. The smallest absolute Gasteiger partial charge is 0.334 e. The minimum Gasteiger partial charge on any atom is -0.467 e. The first-order chi connectivity index (χ1) is 8.20. The molecule has 0 spiro atoms. The summed E-state index contributed by atoms with van der Waals surface area (Å²) >= 11 is 0. The van der Waals surface area contributed by atoms with Gasteiger partial charge in [-0.2, -0.15) is 0 Å². The molecule has 0 aliphatic carbocycles. The van der Waals surface area contributed by atoms with Gasteiger partial charge in [0, 0.05) is 6.42 Å². The summed E-state index contributed by atoms with van der Waals surface area (Å²) in [5, 5.41) is 9.44. The minimum atomic E-state index is -1.09. The quantitative estimate of drug-likeness (QED) is 0.775. The topological polar surface area (TPSA) is 75.2 Å². The number of nitrogens with one attached hydrogen (secondary N) is 1. The number of aliphatic hydroxyl groups excluding tert-OH is 1. The summed E-state index contributed by atoms with van der Waals surface area (Å²) in [6.45, 7) is 0. The van der Waals surface area contributed by atoms with Crippen LogP contribution in [0.1, 0.15) is 12.2 Å². The number of carbonyl (C=O) groups is 1. The van der Waals surface area contributed by atoms with E-state index in [9.17, 15) is 9.90 Å². The van der Waals surface area contributed by atoms with Gasteiger partial charge >= 0.3 is 5.97 Å².